The fourth-order valence-electron chi connectivity index (χ4n) is 1.78. The molecule has 0 saturated heterocycles. The van der Waals surface area contributed by atoms with Gasteiger partial charge < -0.3 is 14.4 Å². The number of carbonyl (C=O) groups is 1. The molecule has 106 valence electrons. The second kappa shape index (κ2) is 7.50. The molecule has 1 aromatic carbocycles. The minimum atomic E-state index is -0.0450. The Kier molecular flexibility index (Phi) is 6.31. The Balaban J connectivity index is 3.02. The molecule has 0 radical (unpaired) electrons. The molecule has 0 spiro atoms. The lowest BCUT2D eigenvalue weighted by Gasteiger charge is -2.27. The number of carbonyl (C=O) groups excluding carboxylic acids is 1. The van der Waals surface area contributed by atoms with Gasteiger partial charge in [0.25, 0.3) is 5.91 Å². The van der Waals surface area contributed by atoms with E-state index in [4.69, 9.17) is 9.47 Å². The maximum atomic E-state index is 12.6. The highest BCUT2D eigenvalue weighted by Crippen LogP contribution is 2.25. The molecule has 19 heavy (non-hydrogen) atoms. The molecular formula is C14H20BrNO3. The molecule has 0 aliphatic carbocycles. The predicted octanol–water partition coefficient (Wildman–Crippen LogP) is 2.95. The van der Waals surface area contributed by atoms with Crippen LogP contribution in [0.2, 0.25) is 0 Å². The zero-order valence-corrected chi connectivity index (χ0v) is 13.4. The minimum absolute atomic E-state index is 0.0450. The van der Waals surface area contributed by atoms with Gasteiger partial charge in [-0.05, 0) is 32.0 Å². The number of amides is 1. The summed E-state index contributed by atoms with van der Waals surface area (Å²) in [4.78, 5) is 14.3. The highest BCUT2D eigenvalue weighted by molar-refractivity contribution is 9.10. The fraction of sp³-hybridized carbons (Fsp3) is 0.500. The molecule has 0 fully saturated rings. The third kappa shape index (κ3) is 4.21. The SMILES string of the molecule is COCCN(C(=O)c1ccc(Br)cc1OC)C(C)C. The Labute approximate surface area is 122 Å². The highest BCUT2D eigenvalue weighted by Gasteiger charge is 2.21. The van der Waals surface area contributed by atoms with Crippen molar-refractivity contribution in [3.63, 3.8) is 0 Å². The van der Waals surface area contributed by atoms with Crippen LogP contribution in [0.25, 0.3) is 0 Å². The van der Waals surface area contributed by atoms with Crippen LogP contribution >= 0.6 is 15.9 Å². The van der Waals surface area contributed by atoms with Crippen LogP contribution in [0, 0.1) is 0 Å². The van der Waals surface area contributed by atoms with Gasteiger partial charge in [0.2, 0.25) is 0 Å². The van der Waals surface area contributed by atoms with E-state index in [2.05, 4.69) is 15.9 Å². The largest absolute Gasteiger partial charge is 0.496 e. The lowest BCUT2D eigenvalue weighted by molar-refractivity contribution is 0.0631. The van der Waals surface area contributed by atoms with Crippen LogP contribution in [0.1, 0.15) is 24.2 Å². The molecule has 0 atom stereocenters. The van der Waals surface area contributed by atoms with Crippen LogP contribution in [-0.4, -0.2) is 44.2 Å². The predicted molar refractivity (Wildman–Crippen MR) is 78.7 cm³/mol. The molecule has 0 N–H and O–H groups in total. The quantitative estimate of drug-likeness (QED) is 0.805. The first kappa shape index (κ1) is 16.0. The molecule has 0 aliphatic heterocycles. The first-order valence-corrected chi connectivity index (χ1v) is 6.94. The average Bonchev–Trinajstić information content (AvgIpc) is 2.38. The van der Waals surface area contributed by atoms with Gasteiger partial charge in [-0.2, -0.15) is 0 Å². The van der Waals surface area contributed by atoms with E-state index in [-0.39, 0.29) is 11.9 Å². The Hall–Kier alpha value is -1.07. The topological polar surface area (TPSA) is 38.8 Å². The molecule has 0 unspecified atom stereocenters. The van der Waals surface area contributed by atoms with E-state index >= 15 is 0 Å². The summed E-state index contributed by atoms with van der Waals surface area (Å²) in [6.45, 7) is 5.05. The van der Waals surface area contributed by atoms with Gasteiger partial charge in [-0.3, -0.25) is 4.79 Å². The first-order chi connectivity index (χ1) is 9.01. The highest BCUT2D eigenvalue weighted by atomic mass is 79.9. The third-order valence-corrected chi connectivity index (χ3v) is 3.31. The van der Waals surface area contributed by atoms with Crippen molar-refractivity contribution >= 4 is 21.8 Å². The zero-order chi connectivity index (χ0) is 14.4. The van der Waals surface area contributed by atoms with E-state index in [0.717, 1.165) is 4.47 Å². The standard InChI is InChI=1S/C14H20BrNO3/c1-10(2)16(7-8-18-3)14(17)12-6-5-11(15)9-13(12)19-4/h5-6,9-10H,7-8H2,1-4H3. The summed E-state index contributed by atoms with van der Waals surface area (Å²) in [6.07, 6.45) is 0. The van der Waals surface area contributed by atoms with E-state index in [1.165, 1.54) is 0 Å². The molecule has 1 amide bonds. The molecule has 1 aromatic rings. The van der Waals surface area contributed by atoms with Gasteiger partial charge in [0.05, 0.1) is 19.3 Å². The van der Waals surface area contributed by atoms with Gasteiger partial charge in [0, 0.05) is 24.2 Å². The third-order valence-electron chi connectivity index (χ3n) is 2.81. The molecular weight excluding hydrogens is 310 g/mol. The van der Waals surface area contributed by atoms with Gasteiger partial charge in [0.15, 0.2) is 0 Å². The first-order valence-electron chi connectivity index (χ1n) is 6.14. The van der Waals surface area contributed by atoms with Crippen LogP contribution in [0.5, 0.6) is 5.75 Å². The summed E-state index contributed by atoms with van der Waals surface area (Å²) in [6, 6.07) is 5.51. The van der Waals surface area contributed by atoms with Crippen molar-refractivity contribution in [1.82, 2.24) is 4.90 Å². The molecule has 0 aliphatic rings. The van der Waals surface area contributed by atoms with E-state index in [1.54, 1.807) is 31.3 Å². The monoisotopic (exact) mass is 329 g/mol. The van der Waals surface area contributed by atoms with Crippen molar-refractivity contribution in [3.8, 4) is 5.75 Å². The van der Waals surface area contributed by atoms with Crippen molar-refractivity contribution in [2.45, 2.75) is 19.9 Å². The number of rotatable bonds is 6. The van der Waals surface area contributed by atoms with Crippen molar-refractivity contribution in [2.24, 2.45) is 0 Å². The summed E-state index contributed by atoms with van der Waals surface area (Å²) >= 11 is 3.37. The van der Waals surface area contributed by atoms with Crippen molar-refractivity contribution < 1.29 is 14.3 Å². The van der Waals surface area contributed by atoms with Gasteiger partial charge in [-0.25, -0.2) is 0 Å². The smallest absolute Gasteiger partial charge is 0.257 e. The number of benzene rings is 1. The molecule has 1 rings (SSSR count). The van der Waals surface area contributed by atoms with Crippen molar-refractivity contribution in [3.05, 3.63) is 28.2 Å². The average molecular weight is 330 g/mol. The van der Waals surface area contributed by atoms with Gasteiger partial charge in [-0.1, -0.05) is 15.9 Å². The number of methoxy groups -OCH3 is 2. The Morgan fingerprint density at radius 1 is 1.37 bits per heavy atom. The Morgan fingerprint density at radius 2 is 2.05 bits per heavy atom. The second-order valence-corrected chi connectivity index (χ2v) is 5.35. The van der Waals surface area contributed by atoms with E-state index in [1.807, 2.05) is 19.9 Å². The fourth-order valence-corrected chi connectivity index (χ4v) is 2.12. The van der Waals surface area contributed by atoms with E-state index in [9.17, 15) is 4.79 Å². The Morgan fingerprint density at radius 3 is 2.58 bits per heavy atom. The number of halogens is 1. The lowest BCUT2D eigenvalue weighted by atomic mass is 10.1. The summed E-state index contributed by atoms with van der Waals surface area (Å²) in [5.74, 6) is 0.527. The molecule has 0 bridgehead atoms. The summed E-state index contributed by atoms with van der Waals surface area (Å²) in [5, 5.41) is 0. The number of nitrogens with zero attached hydrogens (tertiary/aromatic N) is 1. The number of hydrogen-bond acceptors (Lipinski definition) is 3. The minimum Gasteiger partial charge on any atom is -0.496 e. The molecule has 0 aromatic heterocycles. The second-order valence-electron chi connectivity index (χ2n) is 4.43. The zero-order valence-electron chi connectivity index (χ0n) is 11.8. The summed E-state index contributed by atoms with van der Waals surface area (Å²) in [5.41, 5.74) is 0.565. The van der Waals surface area contributed by atoms with E-state index in [0.29, 0.717) is 24.5 Å². The lowest BCUT2D eigenvalue weighted by Crippen LogP contribution is -2.39. The van der Waals surface area contributed by atoms with Crippen molar-refractivity contribution in [2.75, 3.05) is 27.4 Å². The summed E-state index contributed by atoms with van der Waals surface area (Å²) < 4.78 is 11.2. The molecule has 0 saturated carbocycles. The number of hydrogen-bond donors (Lipinski definition) is 0. The summed E-state index contributed by atoms with van der Waals surface area (Å²) in [7, 11) is 3.19. The van der Waals surface area contributed by atoms with Crippen LogP contribution in [-0.2, 0) is 4.74 Å². The van der Waals surface area contributed by atoms with Gasteiger partial charge >= 0.3 is 0 Å². The van der Waals surface area contributed by atoms with Crippen molar-refractivity contribution in [1.29, 1.82) is 0 Å². The van der Waals surface area contributed by atoms with Crippen LogP contribution in [0.3, 0.4) is 0 Å². The molecule has 5 heteroatoms. The maximum Gasteiger partial charge on any atom is 0.257 e. The van der Waals surface area contributed by atoms with Crippen LogP contribution in [0.4, 0.5) is 0 Å². The molecule has 0 heterocycles. The number of ether oxygens (including phenoxy) is 2. The van der Waals surface area contributed by atoms with E-state index < -0.39 is 0 Å². The van der Waals surface area contributed by atoms with Gasteiger partial charge in [0.1, 0.15) is 5.75 Å². The normalized spacial score (nSPS) is 10.6. The molecule has 4 nitrogen and oxygen atoms in total. The van der Waals surface area contributed by atoms with Crippen LogP contribution < -0.4 is 4.74 Å². The Bertz CT molecular complexity index is 435. The van der Waals surface area contributed by atoms with Gasteiger partial charge in [-0.15, -0.1) is 0 Å². The van der Waals surface area contributed by atoms with Crippen LogP contribution in [0.15, 0.2) is 22.7 Å². The maximum absolute atomic E-state index is 12.6.